The van der Waals surface area contributed by atoms with E-state index in [0.717, 1.165) is 0 Å². The smallest absolute Gasteiger partial charge is 0.168 e. The Labute approximate surface area is 68.0 Å². The predicted molar refractivity (Wildman–Crippen MR) is 39.4 cm³/mol. The molecule has 58 valence electrons. The fourth-order valence-electron chi connectivity index (χ4n) is 0.666. The zero-order chi connectivity index (χ0) is 8.27. The molecule has 1 aromatic rings. The minimum Gasteiger partial charge on any atom is -0.296 e. The van der Waals surface area contributed by atoms with Crippen molar-refractivity contribution in [2.45, 2.75) is 6.67 Å². The Morgan fingerprint density at radius 2 is 2.45 bits per heavy atom. The van der Waals surface area contributed by atoms with Crippen molar-refractivity contribution in [1.29, 1.82) is 0 Å². The monoisotopic (exact) mass is 173 g/mol. The molecular formula is C7H5ClFNO. The number of rotatable bonds is 2. The van der Waals surface area contributed by atoms with Crippen LogP contribution < -0.4 is 0 Å². The van der Waals surface area contributed by atoms with Crippen LogP contribution in [0.25, 0.3) is 0 Å². The molecule has 0 fully saturated rings. The van der Waals surface area contributed by atoms with E-state index in [4.69, 9.17) is 11.6 Å². The summed E-state index contributed by atoms with van der Waals surface area (Å²) in [6.45, 7) is -0.678. The third kappa shape index (κ3) is 1.74. The molecule has 11 heavy (non-hydrogen) atoms. The van der Waals surface area contributed by atoms with E-state index in [2.05, 4.69) is 4.98 Å². The van der Waals surface area contributed by atoms with Crippen LogP contribution in [-0.2, 0) is 6.67 Å². The maximum Gasteiger partial charge on any atom is 0.168 e. The van der Waals surface area contributed by atoms with Gasteiger partial charge in [-0.2, -0.15) is 0 Å². The van der Waals surface area contributed by atoms with Gasteiger partial charge in [0.1, 0.15) is 12.4 Å². The van der Waals surface area contributed by atoms with Gasteiger partial charge in [0.2, 0.25) is 0 Å². The molecule has 0 bridgehead atoms. The van der Waals surface area contributed by atoms with Gasteiger partial charge in [-0.05, 0) is 6.07 Å². The lowest BCUT2D eigenvalue weighted by molar-refractivity contribution is 0.111. The van der Waals surface area contributed by atoms with Crippen molar-refractivity contribution in [2.75, 3.05) is 0 Å². The molecule has 0 amide bonds. The van der Waals surface area contributed by atoms with E-state index < -0.39 is 6.67 Å². The van der Waals surface area contributed by atoms with E-state index in [0.29, 0.717) is 11.8 Å². The van der Waals surface area contributed by atoms with E-state index >= 15 is 0 Å². The summed E-state index contributed by atoms with van der Waals surface area (Å²) < 4.78 is 12.1. The molecule has 1 rings (SSSR count). The Balaban J connectivity index is 3.12. The fraction of sp³-hybridized carbons (Fsp3) is 0.143. The minimum absolute atomic E-state index is 0.196. The molecule has 0 radical (unpaired) electrons. The number of hydrogen-bond donors (Lipinski definition) is 0. The molecule has 1 heterocycles. The number of carbonyl (C=O) groups excluding carboxylic acids is 1. The van der Waals surface area contributed by atoms with Crippen molar-refractivity contribution in [3.05, 3.63) is 28.5 Å². The summed E-state index contributed by atoms with van der Waals surface area (Å²) in [7, 11) is 0. The van der Waals surface area contributed by atoms with Crippen molar-refractivity contribution < 1.29 is 9.18 Å². The Morgan fingerprint density at radius 1 is 1.73 bits per heavy atom. The van der Waals surface area contributed by atoms with Gasteiger partial charge in [0.25, 0.3) is 0 Å². The Morgan fingerprint density at radius 3 is 3.00 bits per heavy atom. The first-order valence-corrected chi connectivity index (χ1v) is 3.31. The number of hydrogen-bond acceptors (Lipinski definition) is 2. The van der Waals surface area contributed by atoms with E-state index in [1.165, 1.54) is 12.3 Å². The van der Waals surface area contributed by atoms with Crippen molar-refractivity contribution >= 4 is 17.9 Å². The summed E-state index contributed by atoms with van der Waals surface area (Å²) in [4.78, 5) is 13.8. The molecule has 0 saturated heterocycles. The second-order valence-corrected chi connectivity index (χ2v) is 2.36. The molecule has 0 atom stereocenters. The highest BCUT2D eigenvalue weighted by atomic mass is 35.5. The summed E-state index contributed by atoms with van der Waals surface area (Å²) in [6, 6.07) is 1.33. The van der Waals surface area contributed by atoms with Gasteiger partial charge >= 0.3 is 0 Å². The summed E-state index contributed by atoms with van der Waals surface area (Å²) in [5, 5.41) is 0.248. The molecule has 4 heteroatoms. The van der Waals surface area contributed by atoms with Crippen LogP contribution in [0.1, 0.15) is 16.1 Å². The average Bonchev–Trinajstić information content (AvgIpc) is 2.05. The van der Waals surface area contributed by atoms with Crippen LogP contribution in [-0.4, -0.2) is 11.3 Å². The van der Waals surface area contributed by atoms with E-state index in [1.807, 2.05) is 0 Å². The van der Waals surface area contributed by atoms with Crippen LogP contribution in [0.2, 0.25) is 5.02 Å². The molecule has 1 aromatic heterocycles. The number of carbonyl (C=O) groups is 1. The number of pyridine rings is 1. The zero-order valence-electron chi connectivity index (χ0n) is 5.55. The highest BCUT2D eigenvalue weighted by molar-refractivity contribution is 6.31. The maximum absolute atomic E-state index is 12.1. The summed E-state index contributed by atoms with van der Waals surface area (Å²) >= 11 is 5.53. The number of nitrogens with zero attached hydrogens (tertiary/aromatic N) is 1. The first-order valence-electron chi connectivity index (χ1n) is 2.93. The molecule has 0 unspecified atom stereocenters. The highest BCUT2D eigenvalue weighted by Crippen LogP contribution is 2.15. The van der Waals surface area contributed by atoms with Crippen molar-refractivity contribution in [3.8, 4) is 0 Å². The van der Waals surface area contributed by atoms with Gasteiger partial charge in [-0.1, -0.05) is 11.6 Å². The zero-order valence-corrected chi connectivity index (χ0v) is 6.31. The lowest BCUT2D eigenvalue weighted by atomic mass is 10.2. The first kappa shape index (κ1) is 8.14. The normalized spacial score (nSPS) is 9.64. The standard InChI is InChI=1S/C7H5ClFNO/c8-7-3-10-6(4-11)1-5(7)2-9/h1,3-4H,2H2. The number of aldehydes is 1. The number of halogens is 2. The van der Waals surface area contributed by atoms with E-state index in [9.17, 15) is 9.18 Å². The van der Waals surface area contributed by atoms with E-state index in [-0.39, 0.29) is 10.7 Å². The molecule has 2 nitrogen and oxygen atoms in total. The van der Waals surface area contributed by atoms with Gasteiger partial charge in [-0.25, -0.2) is 4.39 Å². The second kappa shape index (κ2) is 3.44. The predicted octanol–water partition coefficient (Wildman–Crippen LogP) is 2.02. The third-order valence-corrected chi connectivity index (χ3v) is 1.56. The van der Waals surface area contributed by atoms with Crippen LogP contribution in [0.15, 0.2) is 12.3 Å². The lowest BCUT2D eigenvalue weighted by Crippen LogP contribution is -1.89. The van der Waals surface area contributed by atoms with Crippen LogP contribution in [0, 0.1) is 0 Å². The van der Waals surface area contributed by atoms with Gasteiger partial charge in [0, 0.05) is 11.8 Å². The van der Waals surface area contributed by atoms with Crippen LogP contribution >= 0.6 is 11.6 Å². The van der Waals surface area contributed by atoms with E-state index in [1.54, 1.807) is 0 Å². The van der Waals surface area contributed by atoms with Crippen LogP contribution in [0.4, 0.5) is 4.39 Å². The van der Waals surface area contributed by atoms with Gasteiger partial charge in [-0.3, -0.25) is 9.78 Å². The summed E-state index contributed by atoms with van der Waals surface area (Å²) in [5.74, 6) is 0. The highest BCUT2D eigenvalue weighted by Gasteiger charge is 2.01. The molecular weight excluding hydrogens is 169 g/mol. The van der Waals surface area contributed by atoms with Crippen molar-refractivity contribution in [3.63, 3.8) is 0 Å². The summed E-state index contributed by atoms with van der Waals surface area (Å²) in [5.41, 5.74) is 0.491. The molecule has 0 saturated carbocycles. The van der Waals surface area contributed by atoms with Gasteiger partial charge in [0.05, 0.1) is 5.02 Å². The Hall–Kier alpha value is -0.960. The van der Waals surface area contributed by atoms with Gasteiger partial charge in [0.15, 0.2) is 6.29 Å². The van der Waals surface area contributed by atoms with Gasteiger partial charge in [-0.15, -0.1) is 0 Å². The molecule has 0 aliphatic carbocycles. The molecule has 0 aromatic carbocycles. The van der Waals surface area contributed by atoms with Crippen LogP contribution in [0.3, 0.4) is 0 Å². The minimum atomic E-state index is -0.678. The molecule has 0 spiro atoms. The second-order valence-electron chi connectivity index (χ2n) is 1.95. The molecule has 0 N–H and O–H groups in total. The maximum atomic E-state index is 12.1. The third-order valence-electron chi connectivity index (χ3n) is 1.22. The summed E-state index contributed by atoms with van der Waals surface area (Å²) in [6.07, 6.45) is 1.82. The number of alkyl halides is 1. The van der Waals surface area contributed by atoms with Crippen molar-refractivity contribution in [2.24, 2.45) is 0 Å². The lowest BCUT2D eigenvalue weighted by Gasteiger charge is -1.97. The molecule has 0 aliphatic heterocycles. The topological polar surface area (TPSA) is 30.0 Å². The SMILES string of the molecule is O=Cc1cc(CF)c(Cl)cn1. The van der Waals surface area contributed by atoms with Crippen molar-refractivity contribution in [1.82, 2.24) is 4.98 Å². The molecule has 0 aliphatic rings. The number of aromatic nitrogens is 1. The van der Waals surface area contributed by atoms with Gasteiger partial charge < -0.3 is 0 Å². The Kier molecular flexibility index (Phi) is 2.54. The Bertz CT molecular complexity index is 277. The largest absolute Gasteiger partial charge is 0.296 e. The first-order chi connectivity index (χ1) is 5.27. The van der Waals surface area contributed by atoms with Crippen LogP contribution in [0.5, 0.6) is 0 Å². The fourth-order valence-corrected chi connectivity index (χ4v) is 0.820. The average molecular weight is 174 g/mol. The quantitative estimate of drug-likeness (QED) is 0.641.